The third-order valence-electron chi connectivity index (χ3n) is 6.75. The Morgan fingerprint density at radius 2 is 1.80 bits per heavy atom. The molecule has 0 atom stereocenters. The van der Waals surface area contributed by atoms with Gasteiger partial charge in [0.05, 0.1) is 15.5 Å². The van der Waals surface area contributed by atoms with Crippen molar-refractivity contribution < 1.29 is 23.6 Å². The predicted molar refractivity (Wildman–Crippen MR) is 154 cm³/mol. The second-order valence-electron chi connectivity index (χ2n) is 9.55. The van der Waals surface area contributed by atoms with E-state index in [0.717, 1.165) is 28.1 Å². The van der Waals surface area contributed by atoms with Crippen molar-refractivity contribution in [3.05, 3.63) is 111 Å². The van der Waals surface area contributed by atoms with Gasteiger partial charge in [0.2, 0.25) is 5.91 Å². The van der Waals surface area contributed by atoms with E-state index in [1.807, 2.05) is 30.5 Å². The number of non-ortho nitro benzene ring substituents is 1. The van der Waals surface area contributed by atoms with Crippen LogP contribution >= 0.6 is 11.6 Å². The molecule has 11 heteroatoms. The van der Waals surface area contributed by atoms with Crippen molar-refractivity contribution in [1.29, 1.82) is 0 Å². The molecule has 4 rings (SSSR count). The number of methoxy groups -OCH3 is 1. The van der Waals surface area contributed by atoms with Crippen LogP contribution in [-0.2, 0) is 22.5 Å². The number of fused-ring (bicyclic) bond motifs is 1. The van der Waals surface area contributed by atoms with Crippen LogP contribution < -0.4 is 0 Å². The molecular weight excluding hydrogens is 551 g/mol. The lowest BCUT2D eigenvalue weighted by molar-refractivity contribution is -0.384. The van der Waals surface area contributed by atoms with Gasteiger partial charge in [-0.25, -0.2) is 4.39 Å². The molecule has 0 bridgehead atoms. The van der Waals surface area contributed by atoms with E-state index in [2.05, 4.69) is 4.98 Å². The summed E-state index contributed by atoms with van der Waals surface area (Å²) in [6.07, 6.45) is 2.94. The zero-order valence-electron chi connectivity index (χ0n) is 22.5. The molecule has 41 heavy (non-hydrogen) atoms. The normalized spacial score (nSPS) is 11.0. The van der Waals surface area contributed by atoms with Gasteiger partial charge >= 0.3 is 0 Å². The van der Waals surface area contributed by atoms with Crippen LogP contribution in [0.2, 0.25) is 5.02 Å². The number of aromatic nitrogens is 1. The summed E-state index contributed by atoms with van der Waals surface area (Å²) in [5, 5.41) is 12.1. The quantitative estimate of drug-likeness (QED) is 0.125. The van der Waals surface area contributed by atoms with Crippen LogP contribution in [0.1, 0.15) is 27.9 Å². The van der Waals surface area contributed by atoms with Crippen molar-refractivity contribution >= 4 is 40.0 Å². The van der Waals surface area contributed by atoms with Crippen molar-refractivity contribution in [2.45, 2.75) is 19.4 Å². The maximum absolute atomic E-state index is 13.7. The lowest BCUT2D eigenvalue weighted by atomic mass is 10.1. The SMILES string of the molecule is COCCCN(CC(=O)N(CCc1c[nH]c2ccccc12)Cc1ccc(F)cc1)C(=O)c1ccc([N+](=O)[O-])cc1Cl. The highest BCUT2D eigenvalue weighted by Crippen LogP contribution is 2.24. The molecule has 3 aromatic carbocycles. The highest BCUT2D eigenvalue weighted by Gasteiger charge is 2.25. The summed E-state index contributed by atoms with van der Waals surface area (Å²) in [6.45, 7) is 0.908. The number of benzene rings is 3. The number of halogens is 2. The largest absolute Gasteiger partial charge is 0.385 e. The number of nitro benzene ring substituents is 1. The molecule has 0 aliphatic rings. The van der Waals surface area contributed by atoms with Crippen LogP contribution in [0.25, 0.3) is 10.9 Å². The molecule has 1 aromatic heterocycles. The Balaban J connectivity index is 1.57. The summed E-state index contributed by atoms with van der Waals surface area (Å²) in [5.74, 6) is -1.20. The van der Waals surface area contributed by atoms with Gasteiger partial charge in [0.25, 0.3) is 11.6 Å². The molecule has 1 heterocycles. The van der Waals surface area contributed by atoms with Crippen LogP contribution in [-0.4, -0.2) is 64.9 Å². The molecule has 2 amide bonds. The summed E-state index contributed by atoms with van der Waals surface area (Å²) >= 11 is 6.24. The van der Waals surface area contributed by atoms with Crippen LogP contribution in [0.4, 0.5) is 10.1 Å². The molecule has 0 spiro atoms. The van der Waals surface area contributed by atoms with Crippen LogP contribution in [0, 0.1) is 15.9 Å². The number of amides is 2. The molecule has 9 nitrogen and oxygen atoms in total. The maximum atomic E-state index is 13.7. The average Bonchev–Trinajstić information content (AvgIpc) is 3.38. The number of nitrogens with one attached hydrogen (secondary N) is 1. The first-order valence-corrected chi connectivity index (χ1v) is 13.4. The number of ether oxygens (including phenoxy) is 1. The molecule has 1 N–H and O–H groups in total. The molecule has 4 aromatic rings. The van der Waals surface area contributed by atoms with Crippen molar-refractivity contribution in [3.63, 3.8) is 0 Å². The summed E-state index contributed by atoms with van der Waals surface area (Å²) in [7, 11) is 1.54. The minimum Gasteiger partial charge on any atom is -0.385 e. The lowest BCUT2D eigenvalue weighted by Crippen LogP contribution is -2.44. The number of hydrogen-bond acceptors (Lipinski definition) is 5. The van der Waals surface area contributed by atoms with E-state index >= 15 is 0 Å². The number of carbonyl (C=O) groups excluding carboxylic acids is 2. The Hall–Kier alpha value is -4.28. The molecule has 0 unspecified atom stereocenters. The fraction of sp³-hybridized carbons (Fsp3) is 0.267. The number of nitro groups is 1. The van der Waals surface area contributed by atoms with E-state index in [1.54, 1.807) is 24.1 Å². The highest BCUT2D eigenvalue weighted by atomic mass is 35.5. The fourth-order valence-electron chi connectivity index (χ4n) is 4.57. The zero-order chi connectivity index (χ0) is 29.4. The monoisotopic (exact) mass is 580 g/mol. The molecule has 214 valence electrons. The van der Waals surface area contributed by atoms with Gasteiger partial charge in [-0.3, -0.25) is 19.7 Å². The number of aromatic amines is 1. The first kappa shape index (κ1) is 29.7. The minimum absolute atomic E-state index is 0.0614. The van der Waals surface area contributed by atoms with Crippen LogP contribution in [0.15, 0.2) is 72.9 Å². The number of hydrogen-bond donors (Lipinski definition) is 1. The van der Waals surface area contributed by atoms with E-state index in [9.17, 15) is 24.1 Å². The van der Waals surface area contributed by atoms with Crippen molar-refractivity contribution in [1.82, 2.24) is 14.8 Å². The number of para-hydroxylation sites is 1. The third kappa shape index (κ3) is 7.68. The van der Waals surface area contributed by atoms with E-state index < -0.39 is 10.8 Å². The smallest absolute Gasteiger partial charge is 0.270 e. The maximum Gasteiger partial charge on any atom is 0.270 e. The molecule has 0 saturated heterocycles. The van der Waals surface area contributed by atoms with E-state index in [0.29, 0.717) is 26.0 Å². The van der Waals surface area contributed by atoms with E-state index in [4.69, 9.17) is 16.3 Å². The molecular formula is C30H30ClFN4O5. The first-order valence-electron chi connectivity index (χ1n) is 13.1. The van der Waals surface area contributed by atoms with Gasteiger partial charge in [0.1, 0.15) is 12.4 Å². The zero-order valence-corrected chi connectivity index (χ0v) is 23.3. The van der Waals surface area contributed by atoms with Gasteiger partial charge in [-0.15, -0.1) is 0 Å². The lowest BCUT2D eigenvalue weighted by Gasteiger charge is -2.28. The first-order chi connectivity index (χ1) is 19.8. The second-order valence-corrected chi connectivity index (χ2v) is 9.95. The fourth-order valence-corrected chi connectivity index (χ4v) is 4.83. The average molecular weight is 581 g/mol. The topological polar surface area (TPSA) is 109 Å². The van der Waals surface area contributed by atoms with E-state index in [-0.39, 0.29) is 47.6 Å². The third-order valence-corrected chi connectivity index (χ3v) is 7.06. The Kier molecular flexibility index (Phi) is 10.0. The van der Waals surface area contributed by atoms with Gasteiger partial charge in [-0.2, -0.15) is 0 Å². The summed E-state index contributed by atoms with van der Waals surface area (Å²) in [4.78, 5) is 44.0. The van der Waals surface area contributed by atoms with Gasteiger partial charge in [-0.1, -0.05) is 41.9 Å². The standard InChI is InChI=1S/C30H30ClFN4O5/c1-41-16-4-14-35(30(38)26-12-11-24(36(39)40)17-27(26)31)20-29(37)34(19-21-7-9-23(32)10-8-21)15-13-22-18-33-28-6-3-2-5-25(22)28/h2-3,5-12,17-18,33H,4,13-16,19-20H2,1H3. The van der Waals surface area contributed by atoms with E-state index in [1.165, 1.54) is 29.2 Å². The second kappa shape index (κ2) is 13.9. The van der Waals surface area contributed by atoms with Crippen LogP contribution in [0.5, 0.6) is 0 Å². The highest BCUT2D eigenvalue weighted by molar-refractivity contribution is 6.34. The Labute approximate surface area is 241 Å². The van der Waals surface area contributed by atoms with Gasteiger partial charge in [-0.05, 0) is 48.2 Å². The molecule has 0 aliphatic heterocycles. The molecule has 0 radical (unpaired) electrons. The summed E-state index contributed by atoms with van der Waals surface area (Å²) in [5.41, 5.74) is 2.61. The number of rotatable bonds is 13. The minimum atomic E-state index is -0.596. The Bertz CT molecular complexity index is 1530. The molecule has 0 saturated carbocycles. The molecule has 0 fully saturated rings. The van der Waals surface area contributed by atoms with Crippen LogP contribution in [0.3, 0.4) is 0 Å². The number of nitrogens with zero attached hydrogens (tertiary/aromatic N) is 3. The Morgan fingerprint density at radius 1 is 1.05 bits per heavy atom. The summed E-state index contributed by atoms with van der Waals surface area (Å²) in [6, 6.07) is 17.4. The van der Waals surface area contributed by atoms with Crippen molar-refractivity contribution in [2.24, 2.45) is 0 Å². The van der Waals surface area contributed by atoms with Crippen molar-refractivity contribution in [3.8, 4) is 0 Å². The summed E-state index contributed by atoms with van der Waals surface area (Å²) < 4.78 is 18.7. The van der Waals surface area contributed by atoms with Gasteiger partial charge in [0.15, 0.2) is 0 Å². The van der Waals surface area contributed by atoms with Gasteiger partial charge < -0.3 is 19.5 Å². The number of H-pyrrole nitrogens is 1. The molecule has 0 aliphatic carbocycles. The number of carbonyl (C=O) groups is 2. The van der Waals surface area contributed by atoms with Gasteiger partial charge in [0, 0.05) is 62.6 Å². The Morgan fingerprint density at radius 3 is 2.51 bits per heavy atom. The van der Waals surface area contributed by atoms with Crippen molar-refractivity contribution in [2.75, 3.05) is 33.4 Å². The predicted octanol–water partition coefficient (Wildman–Crippen LogP) is 5.62.